The summed E-state index contributed by atoms with van der Waals surface area (Å²) in [6.07, 6.45) is 2.15. The van der Waals surface area contributed by atoms with Crippen LogP contribution in [0.1, 0.15) is 56.5 Å². The lowest BCUT2D eigenvalue weighted by molar-refractivity contribution is 0.368. The zero-order chi connectivity index (χ0) is 19.6. The third-order valence-corrected chi connectivity index (χ3v) is 4.60. The van der Waals surface area contributed by atoms with Gasteiger partial charge in [-0.1, -0.05) is 31.1 Å². The first-order valence-electron chi connectivity index (χ1n) is 9.81. The Labute approximate surface area is 186 Å². The number of nitrogens with zero attached hydrogens (tertiary/aromatic N) is 3. The van der Waals surface area contributed by atoms with Crippen molar-refractivity contribution in [2.75, 3.05) is 25.5 Å². The average Bonchev–Trinajstić information content (AvgIpc) is 3.14. The minimum Gasteiger partial charge on any atom is -0.378 e. The minimum absolute atomic E-state index is 0. The molecule has 156 valence electrons. The van der Waals surface area contributed by atoms with E-state index in [9.17, 15) is 0 Å². The zero-order valence-electron chi connectivity index (χ0n) is 17.7. The fourth-order valence-corrected chi connectivity index (χ4v) is 2.93. The molecule has 1 heterocycles. The Bertz CT molecular complexity index is 725. The van der Waals surface area contributed by atoms with Crippen LogP contribution in [0.15, 0.2) is 39.8 Å². The van der Waals surface area contributed by atoms with E-state index in [1.807, 2.05) is 14.1 Å². The number of aliphatic imine (C=N–C) groups is 1. The molecule has 0 aliphatic heterocycles. The summed E-state index contributed by atoms with van der Waals surface area (Å²) < 4.78 is 5.48. The second kappa shape index (κ2) is 12.6. The van der Waals surface area contributed by atoms with Gasteiger partial charge in [0.1, 0.15) is 0 Å². The van der Waals surface area contributed by atoms with Crippen LogP contribution in [0.2, 0.25) is 0 Å². The third-order valence-electron chi connectivity index (χ3n) is 4.60. The van der Waals surface area contributed by atoms with Gasteiger partial charge in [0.2, 0.25) is 0 Å². The Kier molecular flexibility index (Phi) is 11.0. The maximum absolute atomic E-state index is 5.48. The van der Waals surface area contributed by atoms with Gasteiger partial charge < -0.3 is 20.1 Å². The molecular formula is C21H34IN5O. The number of guanidine groups is 1. The van der Waals surface area contributed by atoms with E-state index in [4.69, 9.17) is 4.52 Å². The number of halogens is 1. The van der Waals surface area contributed by atoms with Crippen molar-refractivity contribution >= 4 is 35.6 Å². The average molecular weight is 499 g/mol. The fourth-order valence-electron chi connectivity index (χ4n) is 2.93. The van der Waals surface area contributed by atoms with Gasteiger partial charge in [0.25, 0.3) is 0 Å². The minimum atomic E-state index is 0. The molecule has 2 rings (SSSR count). The normalized spacial score (nSPS) is 11.3. The van der Waals surface area contributed by atoms with Crippen molar-refractivity contribution in [3.05, 3.63) is 47.3 Å². The Hall–Kier alpha value is -1.77. The molecule has 0 amide bonds. The Morgan fingerprint density at radius 1 is 1.14 bits per heavy atom. The van der Waals surface area contributed by atoms with Crippen LogP contribution in [-0.4, -0.2) is 31.8 Å². The first-order valence-corrected chi connectivity index (χ1v) is 9.81. The molecular weight excluding hydrogens is 465 g/mol. The van der Waals surface area contributed by atoms with Gasteiger partial charge in [0, 0.05) is 38.3 Å². The first kappa shape index (κ1) is 24.3. The van der Waals surface area contributed by atoms with Gasteiger partial charge in [0.05, 0.1) is 18.8 Å². The highest BCUT2D eigenvalue weighted by Gasteiger charge is 2.13. The van der Waals surface area contributed by atoms with Crippen LogP contribution in [0.4, 0.5) is 5.69 Å². The molecule has 2 N–H and O–H groups in total. The lowest BCUT2D eigenvalue weighted by Gasteiger charge is -2.13. The molecule has 0 saturated heterocycles. The molecule has 1 aromatic heterocycles. The number of hydrogen-bond donors (Lipinski definition) is 2. The molecule has 7 heteroatoms. The number of hydrogen-bond acceptors (Lipinski definition) is 4. The predicted molar refractivity (Wildman–Crippen MR) is 128 cm³/mol. The van der Waals surface area contributed by atoms with Crippen molar-refractivity contribution in [3.63, 3.8) is 0 Å². The molecule has 0 unspecified atom stereocenters. The highest BCUT2D eigenvalue weighted by Crippen LogP contribution is 2.22. The maximum Gasteiger partial charge on any atom is 0.191 e. The SMILES string of the molecule is CCNC(=NCc1cccc(N(C)C)c1)NCc1cc(C(CC)CC)no1.I. The second-order valence-corrected chi connectivity index (χ2v) is 6.84. The summed E-state index contributed by atoms with van der Waals surface area (Å²) in [5.74, 6) is 2.07. The van der Waals surface area contributed by atoms with Crippen LogP contribution in [-0.2, 0) is 13.1 Å². The van der Waals surface area contributed by atoms with Gasteiger partial charge >= 0.3 is 0 Å². The number of rotatable bonds is 9. The monoisotopic (exact) mass is 499 g/mol. The van der Waals surface area contributed by atoms with E-state index >= 15 is 0 Å². The molecule has 0 aliphatic rings. The summed E-state index contributed by atoms with van der Waals surface area (Å²) in [6, 6.07) is 10.5. The predicted octanol–water partition coefficient (Wildman–Crippen LogP) is 4.52. The number of benzene rings is 1. The van der Waals surface area contributed by atoms with Crippen LogP contribution >= 0.6 is 24.0 Å². The zero-order valence-corrected chi connectivity index (χ0v) is 20.0. The lowest BCUT2D eigenvalue weighted by atomic mass is 9.99. The van der Waals surface area contributed by atoms with E-state index in [0.29, 0.717) is 19.0 Å². The Morgan fingerprint density at radius 2 is 1.89 bits per heavy atom. The van der Waals surface area contributed by atoms with Crippen LogP contribution in [0.5, 0.6) is 0 Å². The van der Waals surface area contributed by atoms with Crippen LogP contribution in [0.3, 0.4) is 0 Å². The molecule has 0 fully saturated rings. The lowest BCUT2D eigenvalue weighted by Crippen LogP contribution is -2.36. The topological polar surface area (TPSA) is 65.7 Å². The van der Waals surface area contributed by atoms with Crippen LogP contribution in [0.25, 0.3) is 0 Å². The molecule has 0 aliphatic carbocycles. The Morgan fingerprint density at radius 3 is 2.54 bits per heavy atom. The molecule has 2 aromatic rings. The van der Waals surface area contributed by atoms with Crippen molar-refractivity contribution in [2.45, 2.75) is 52.6 Å². The van der Waals surface area contributed by atoms with E-state index in [1.165, 1.54) is 11.3 Å². The summed E-state index contributed by atoms with van der Waals surface area (Å²) in [4.78, 5) is 6.78. The first-order chi connectivity index (χ1) is 13.1. The maximum atomic E-state index is 5.48. The van der Waals surface area contributed by atoms with Crippen LogP contribution in [0, 0.1) is 0 Å². The smallest absolute Gasteiger partial charge is 0.191 e. The van der Waals surface area contributed by atoms with E-state index in [1.54, 1.807) is 0 Å². The molecule has 1 aromatic carbocycles. The summed E-state index contributed by atoms with van der Waals surface area (Å²) >= 11 is 0. The molecule has 6 nitrogen and oxygen atoms in total. The van der Waals surface area contributed by atoms with Gasteiger partial charge in [-0.3, -0.25) is 0 Å². The van der Waals surface area contributed by atoms with E-state index in [2.05, 4.69) is 76.8 Å². The van der Waals surface area contributed by atoms with Crippen molar-refractivity contribution < 1.29 is 4.52 Å². The molecule has 0 bridgehead atoms. The highest BCUT2D eigenvalue weighted by molar-refractivity contribution is 14.0. The molecule has 28 heavy (non-hydrogen) atoms. The number of aromatic nitrogens is 1. The fraction of sp³-hybridized carbons (Fsp3) is 0.524. The van der Waals surface area contributed by atoms with E-state index in [0.717, 1.165) is 36.8 Å². The third kappa shape index (κ3) is 7.33. The van der Waals surface area contributed by atoms with E-state index in [-0.39, 0.29) is 24.0 Å². The molecule has 0 saturated carbocycles. The quantitative estimate of drug-likeness (QED) is 0.302. The van der Waals surface area contributed by atoms with Crippen molar-refractivity contribution in [1.82, 2.24) is 15.8 Å². The molecule has 0 atom stereocenters. The summed E-state index contributed by atoms with van der Waals surface area (Å²) in [5.41, 5.74) is 3.39. The second-order valence-electron chi connectivity index (χ2n) is 6.84. The van der Waals surface area contributed by atoms with Crippen LogP contribution < -0.4 is 15.5 Å². The molecule has 0 radical (unpaired) electrons. The van der Waals surface area contributed by atoms with Gasteiger partial charge in [-0.05, 0) is 37.5 Å². The largest absolute Gasteiger partial charge is 0.378 e. The summed E-state index contributed by atoms with van der Waals surface area (Å²) in [5, 5.41) is 10.8. The van der Waals surface area contributed by atoms with Gasteiger partial charge in [-0.2, -0.15) is 0 Å². The standard InChI is InChI=1S/C21H33N5O.HI/c1-6-17(7-2)20-13-19(27-25-20)15-24-21(22-8-3)23-14-16-10-9-11-18(12-16)26(4)5;/h9-13,17H,6-8,14-15H2,1-5H3,(H2,22,23,24);1H. The van der Waals surface area contributed by atoms with Crippen molar-refractivity contribution in [2.24, 2.45) is 4.99 Å². The summed E-state index contributed by atoms with van der Waals surface area (Å²) in [7, 11) is 4.09. The Balaban J connectivity index is 0.00000392. The number of anilines is 1. The highest BCUT2D eigenvalue weighted by atomic mass is 127. The van der Waals surface area contributed by atoms with Gasteiger partial charge in [-0.25, -0.2) is 4.99 Å². The van der Waals surface area contributed by atoms with Gasteiger partial charge in [0.15, 0.2) is 11.7 Å². The molecule has 0 spiro atoms. The van der Waals surface area contributed by atoms with Crippen molar-refractivity contribution in [3.8, 4) is 0 Å². The summed E-state index contributed by atoms with van der Waals surface area (Å²) in [6.45, 7) is 8.41. The van der Waals surface area contributed by atoms with Gasteiger partial charge in [-0.15, -0.1) is 24.0 Å². The van der Waals surface area contributed by atoms with Crippen molar-refractivity contribution in [1.29, 1.82) is 0 Å². The number of nitrogens with one attached hydrogen (secondary N) is 2. The van der Waals surface area contributed by atoms with E-state index < -0.39 is 0 Å².